The molecule has 8 heteroatoms. The van der Waals surface area contributed by atoms with E-state index in [1.165, 1.54) is 6.20 Å². The van der Waals surface area contributed by atoms with E-state index < -0.39 is 9.84 Å². The zero-order valence-corrected chi connectivity index (χ0v) is 15.2. The van der Waals surface area contributed by atoms with Crippen molar-refractivity contribution in [2.24, 2.45) is 0 Å². The molecule has 0 radical (unpaired) electrons. The second-order valence-corrected chi connectivity index (χ2v) is 8.75. The van der Waals surface area contributed by atoms with E-state index in [0.29, 0.717) is 28.5 Å². The maximum absolute atomic E-state index is 12.3. The van der Waals surface area contributed by atoms with Gasteiger partial charge in [0, 0.05) is 22.9 Å². The molecule has 1 aliphatic rings. The van der Waals surface area contributed by atoms with Crippen LogP contribution in [0, 0.1) is 6.92 Å². The number of carbonyl (C=O) groups excluding carboxylic acids is 1. The standard InChI is InChI=1S/C17H18ClN3O3S/c1-11-2-4-13(18)8-15(11)21-17(22)12-3-5-16(19-9-12)20-14-6-7-25(23,24)10-14/h2-5,8-9,14H,6-7,10H2,1H3,(H,19,20)(H,21,22). The summed E-state index contributed by atoms with van der Waals surface area (Å²) in [5.74, 6) is 0.584. The van der Waals surface area contributed by atoms with Crippen LogP contribution in [0.25, 0.3) is 0 Å². The quantitative estimate of drug-likeness (QED) is 0.852. The lowest BCUT2D eigenvalue weighted by molar-refractivity contribution is 0.102. The van der Waals surface area contributed by atoms with Crippen molar-refractivity contribution in [1.29, 1.82) is 0 Å². The number of benzene rings is 1. The molecule has 1 amide bonds. The van der Waals surface area contributed by atoms with Crippen molar-refractivity contribution in [2.45, 2.75) is 19.4 Å². The van der Waals surface area contributed by atoms with Crippen LogP contribution < -0.4 is 10.6 Å². The molecule has 25 heavy (non-hydrogen) atoms. The summed E-state index contributed by atoms with van der Waals surface area (Å²) in [6.07, 6.45) is 2.03. The molecule has 3 rings (SSSR count). The summed E-state index contributed by atoms with van der Waals surface area (Å²) in [7, 11) is -2.94. The molecule has 2 aromatic rings. The third-order valence-electron chi connectivity index (χ3n) is 4.06. The lowest BCUT2D eigenvalue weighted by Crippen LogP contribution is -2.21. The fraction of sp³-hybridized carbons (Fsp3) is 0.294. The molecule has 1 unspecified atom stereocenters. The molecule has 1 saturated heterocycles. The van der Waals surface area contributed by atoms with Crippen molar-refractivity contribution in [3.63, 3.8) is 0 Å². The fourth-order valence-electron chi connectivity index (χ4n) is 2.65. The number of pyridine rings is 1. The Labute approximate surface area is 151 Å². The Kier molecular flexibility index (Phi) is 4.96. The molecule has 0 saturated carbocycles. The van der Waals surface area contributed by atoms with E-state index in [-0.39, 0.29) is 23.5 Å². The van der Waals surface area contributed by atoms with E-state index >= 15 is 0 Å². The van der Waals surface area contributed by atoms with E-state index in [1.807, 2.05) is 13.0 Å². The average Bonchev–Trinajstić information content (AvgIpc) is 2.90. The molecule has 2 heterocycles. The van der Waals surface area contributed by atoms with Crippen LogP contribution in [-0.4, -0.2) is 36.9 Å². The number of carbonyl (C=O) groups is 1. The van der Waals surface area contributed by atoms with Crippen LogP contribution >= 0.6 is 11.6 Å². The first-order valence-corrected chi connectivity index (χ1v) is 10.0. The molecule has 1 aromatic carbocycles. The average molecular weight is 380 g/mol. The number of sulfone groups is 1. The van der Waals surface area contributed by atoms with Crippen molar-refractivity contribution in [3.05, 3.63) is 52.7 Å². The minimum absolute atomic E-state index is 0.116. The van der Waals surface area contributed by atoms with Crippen molar-refractivity contribution in [3.8, 4) is 0 Å². The smallest absolute Gasteiger partial charge is 0.257 e. The number of amides is 1. The van der Waals surface area contributed by atoms with Gasteiger partial charge in [-0.05, 0) is 43.2 Å². The topological polar surface area (TPSA) is 88.2 Å². The first-order chi connectivity index (χ1) is 11.8. The van der Waals surface area contributed by atoms with E-state index in [4.69, 9.17) is 11.6 Å². The molecule has 0 aliphatic carbocycles. The van der Waals surface area contributed by atoms with E-state index in [0.717, 1.165) is 5.56 Å². The van der Waals surface area contributed by atoms with Crippen LogP contribution in [0.3, 0.4) is 0 Å². The van der Waals surface area contributed by atoms with E-state index in [2.05, 4.69) is 15.6 Å². The summed E-state index contributed by atoms with van der Waals surface area (Å²) >= 11 is 5.95. The largest absolute Gasteiger partial charge is 0.366 e. The van der Waals surface area contributed by atoms with Gasteiger partial charge in [0.2, 0.25) is 0 Å². The van der Waals surface area contributed by atoms with Crippen molar-refractivity contribution < 1.29 is 13.2 Å². The summed E-state index contributed by atoms with van der Waals surface area (Å²) in [5.41, 5.74) is 1.96. The Hall–Kier alpha value is -2.12. The van der Waals surface area contributed by atoms with Gasteiger partial charge in [-0.15, -0.1) is 0 Å². The fourth-order valence-corrected chi connectivity index (χ4v) is 4.50. The third-order valence-corrected chi connectivity index (χ3v) is 6.06. The molecule has 2 N–H and O–H groups in total. The van der Waals surface area contributed by atoms with Gasteiger partial charge >= 0.3 is 0 Å². The number of anilines is 2. The zero-order valence-electron chi connectivity index (χ0n) is 13.6. The van der Waals surface area contributed by atoms with Gasteiger partial charge in [-0.1, -0.05) is 17.7 Å². The highest BCUT2D eigenvalue weighted by molar-refractivity contribution is 7.91. The summed E-state index contributed by atoms with van der Waals surface area (Å²) in [6.45, 7) is 1.88. The predicted octanol–water partition coefficient (Wildman–Crippen LogP) is 2.89. The van der Waals surface area contributed by atoms with Crippen molar-refractivity contribution in [1.82, 2.24) is 4.98 Å². The Morgan fingerprint density at radius 3 is 2.72 bits per heavy atom. The summed E-state index contributed by atoms with van der Waals surface area (Å²) in [5, 5.41) is 6.44. The van der Waals surface area contributed by atoms with Gasteiger partial charge in [0.1, 0.15) is 5.82 Å². The number of halogens is 1. The molecule has 1 fully saturated rings. The van der Waals surface area contributed by atoms with Crippen molar-refractivity contribution in [2.75, 3.05) is 22.1 Å². The van der Waals surface area contributed by atoms with E-state index in [1.54, 1.807) is 24.3 Å². The van der Waals surface area contributed by atoms with Crippen LogP contribution in [0.1, 0.15) is 22.3 Å². The number of nitrogens with zero attached hydrogens (tertiary/aromatic N) is 1. The second-order valence-electron chi connectivity index (χ2n) is 6.09. The number of hydrogen-bond acceptors (Lipinski definition) is 5. The number of nitrogens with one attached hydrogen (secondary N) is 2. The van der Waals surface area contributed by atoms with Gasteiger partial charge < -0.3 is 10.6 Å². The Morgan fingerprint density at radius 1 is 1.28 bits per heavy atom. The minimum Gasteiger partial charge on any atom is -0.366 e. The Bertz CT molecular complexity index is 898. The highest BCUT2D eigenvalue weighted by Crippen LogP contribution is 2.21. The molecule has 0 spiro atoms. The van der Waals surface area contributed by atoms with Crippen LogP contribution in [0.2, 0.25) is 5.02 Å². The van der Waals surface area contributed by atoms with E-state index in [9.17, 15) is 13.2 Å². The number of aryl methyl sites for hydroxylation is 1. The molecule has 1 aliphatic heterocycles. The van der Waals surface area contributed by atoms with Gasteiger partial charge in [0.15, 0.2) is 9.84 Å². The zero-order chi connectivity index (χ0) is 18.0. The molecule has 1 aromatic heterocycles. The normalized spacial score (nSPS) is 18.7. The van der Waals surface area contributed by atoms with Crippen molar-refractivity contribution >= 4 is 38.9 Å². The summed E-state index contributed by atoms with van der Waals surface area (Å²) in [6, 6.07) is 8.47. The monoisotopic (exact) mass is 379 g/mol. The van der Waals surface area contributed by atoms with Gasteiger partial charge in [0.25, 0.3) is 5.91 Å². The van der Waals surface area contributed by atoms with Crippen LogP contribution in [-0.2, 0) is 9.84 Å². The minimum atomic E-state index is -2.94. The van der Waals surface area contributed by atoms with Crippen LogP contribution in [0.4, 0.5) is 11.5 Å². The maximum atomic E-state index is 12.3. The molecular formula is C17H18ClN3O3S. The van der Waals surface area contributed by atoms with Crippen LogP contribution in [0.5, 0.6) is 0 Å². The van der Waals surface area contributed by atoms with Gasteiger partial charge in [0.05, 0.1) is 17.1 Å². The SMILES string of the molecule is Cc1ccc(Cl)cc1NC(=O)c1ccc(NC2CCS(=O)(=O)C2)nc1. The maximum Gasteiger partial charge on any atom is 0.257 e. The Morgan fingerprint density at radius 2 is 2.08 bits per heavy atom. The summed E-state index contributed by atoms with van der Waals surface area (Å²) in [4.78, 5) is 16.5. The highest BCUT2D eigenvalue weighted by Gasteiger charge is 2.27. The van der Waals surface area contributed by atoms with Gasteiger partial charge in [-0.2, -0.15) is 0 Å². The Balaban J connectivity index is 1.65. The molecule has 1 atom stereocenters. The lowest BCUT2D eigenvalue weighted by atomic mass is 10.2. The number of rotatable bonds is 4. The first kappa shape index (κ1) is 17.7. The van der Waals surface area contributed by atoms with Crippen LogP contribution in [0.15, 0.2) is 36.5 Å². The molecular weight excluding hydrogens is 362 g/mol. The number of aromatic nitrogens is 1. The highest BCUT2D eigenvalue weighted by atomic mass is 35.5. The summed E-state index contributed by atoms with van der Waals surface area (Å²) < 4.78 is 23.0. The molecule has 132 valence electrons. The lowest BCUT2D eigenvalue weighted by Gasteiger charge is -2.12. The predicted molar refractivity (Wildman–Crippen MR) is 99.1 cm³/mol. The molecule has 6 nitrogen and oxygen atoms in total. The second kappa shape index (κ2) is 7.01. The first-order valence-electron chi connectivity index (χ1n) is 7.83. The number of hydrogen-bond donors (Lipinski definition) is 2. The van der Waals surface area contributed by atoms with Gasteiger partial charge in [-0.3, -0.25) is 4.79 Å². The molecule has 0 bridgehead atoms. The third kappa shape index (κ3) is 4.49. The van der Waals surface area contributed by atoms with Gasteiger partial charge in [-0.25, -0.2) is 13.4 Å².